The Hall–Kier alpha value is -3.48. The molecule has 0 saturated carbocycles. The predicted molar refractivity (Wildman–Crippen MR) is 105 cm³/mol. The Morgan fingerprint density at radius 2 is 1.90 bits per heavy atom. The molecule has 0 aliphatic rings. The summed E-state index contributed by atoms with van der Waals surface area (Å²) in [4.78, 5) is 8.24. The van der Waals surface area contributed by atoms with Gasteiger partial charge in [0, 0.05) is 29.3 Å². The first kappa shape index (κ1) is 20.8. The normalized spacial score (nSPS) is 11.7. The average Bonchev–Trinajstić information content (AvgIpc) is 3.37. The Balaban J connectivity index is 1.37. The number of hydrogen-bond donors (Lipinski definition) is 1. The highest BCUT2D eigenvalue weighted by atomic mass is 32.2. The lowest BCUT2D eigenvalue weighted by Crippen LogP contribution is -2.07. The third-order valence-corrected chi connectivity index (χ3v) is 5.00. The fourth-order valence-electron chi connectivity index (χ4n) is 2.61. The Morgan fingerprint density at radius 3 is 2.61 bits per heavy atom. The molecular weight excluding hydrogens is 433 g/mol. The summed E-state index contributed by atoms with van der Waals surface area (Å²) in [5.41, 5.74) is 6.95. The van der Waals surface area contributed by atoms with Gasteiger partial charge in [-0.3, -0.25) is 0 Å². The summed E-state index contributed by atoms with van der Waals surface area (Å²) >= 11 is 1.24. The highest BCUT2D eigenvalue weighted by Gasteiger charge is 2.30. The number of alkyl halides is 3. The van der Waals surface area contributed by atoms with Crippen LogP contribution in [0, 0.1) is 6.92 Å². The van der Waals surface area contributed by atoms with E-state index in [0.29, 0.717) is 35.2 Å². The van der Waals surface area contributed by atoms with Crippen LogP contribution in [0.25, 0.3) is 11.5 Å². The van der Waals surface area contributed by atoms with Gasteiger partial charge in [0.25, 0.3) is 5.22 Å². The maximum absolute atomic E-state index is 12.7. The number of benzene rings is 1. The zero-order chi connectivity index (χ0) is 22.0. The number of nitrogen functional groups attached to an aromatic ring is 1. The number of hydrogen-bond acceptors (Lipinski definition) is 9. The van der Waals surface area contributed by atoms with Gasteiger partial charge < -0.3 is 10.2 Å². The summed E-state index contributed by atoms with van der Waals surface area (Å²) in [6.07, 6.45) is -1.00. The molecule has 3 heterocycles. The van der Waals surface area contributed by atoms with Crippen LogP contribution in [0.15, 0.2) is 46.3 Å². The minimum atomic E-state index is -4.40. The van der Waals surface area contributed by atoms with Crippen molar-refractivity contribution in [3.8, 4) is 11.5 Å². The van der Waals surface area contributed by atoms with Crippen molar-refractivity contribution in [2.75, 3.05) is 5.73 Å². The van der Waals surface area contributed by atoms with Crippen molar-refractivity contribution in [2.24, 2.45) is 0 Å². The Bertz CT molecular complexity index is 1190. The van der Waals surface area contributed by atoms with E-state index in [1.807, 2.05) is 0 Å². The minimum Gasteiger partial charge on any atom is -0.411 e. The molecule has 4 aromatic rings. The number of thioether (sulfide) groups is 1. The molecule has 0 amide bonds. The molecule has 0 bridgehead atoms. The van der Waals surface area contributed by atoms with Gasteiger partial charge >= 0.3 is 6.18 Å². The monoisotopic (exact) mass is 448 g/mol. The lowest BCUT2D eigenvalue weighted by Gasteiger charge is -2.05. The van der Waals surface area contributed by atoms with Gasteiger partial charge in [0.05, 0.1) is 17.8 Å². The maximum Gasteiger partial charge on any atom is 0.416 e. The summed E-state index contributed by atoms with van der Waals surface area (Å²) in [6.45, 7) is 2.13. The third kappa shape index (κ3) is 4.99. The number of nitrogens with two attached hydrogens (primary N) is 1. The number of aromatic nitrogens is 7. The van der Waals surface area contributed by atoms with Crippen LogP contribution in [-0.4, -0.2) is 35.2 Å². The van der Waals surface area contributed by atoms with Crippen LogP contribution < -0.4 is 5.73 Å². The van der Waals surface area contributed by atoms with Crippen LogP contribution in [0.3, 0.4) is 0 Å². The van der Waals surface area contributed by atoms with Gasteiger partial charge in [-0.1, -0.05) is 17.0 Å². The minimum absolute atomic E-state index is 0.134. The second kappa shape index (κ2) is 8.34. The van der Waals surface area contributed by atoms with Gasteiger partial charge in [-0.2, -0.15) is 13.2 Å². The smallest absolute Gasteiger partial charge is 0.411 e. The first-order valence-corrected chi connectivity index (χ1v) is 9.87. The van der Waals surface area contributed by atoms with E-state index >= 15 is 0 Å². The molecule has 0 unspecified atom stereocenters. The zero-order valence-corrected chi connectivity index (χ0v) is 16.9. The lowest BCUT2D eigenvalue weighted by molar-refractivity contribution is -0.137. The van der Waals surface area contributed by atoms with Crippen molar-refractivity contribution in [1.82, 2.24) is 35.2 Å². The van der Waals surface area contributed by atoms with Crippen LogP contribution in [0.4, 0.5) is 19.0 Å². The van der Waals surface area contributed by atoms with E-state index in [1.165, 1.54) is 23.9 Å². The molecule has 0 aliphatic heterocycles. The number of nitrogens with zero attached hydrogens (tertiary/aromatic N) is 7. The topological polar surface area (TPSA) is 121 Å². The summed E-state index contributed by atoms with van der Waals surface area (Å²) in [5, 5.41) is 16.2. The molecule has 3 aromatic heterocycles. The number of anilines is 1. The third-order valence-electron chi connectivity index (χ3n) is 4.15. The fourth-order valence-corrected chi connectivity index (χ4v) is 3.25. The van der Waals surface area contributed by atoms with Gasteiger partial charge in [-0.25, -0.2) is 14.6 Å². The predicted octanol–water partition coefficient (Wildman–Crippen LogP) is 3.37. The molecule has 0 radical (unpaired) electrons. The number of rotatable bonds is 6. The van der Waals surface area contributed by atoms with Crippen LogP contribution >= 0.6 is 11.8 Å². The van der Waals surface area contributed by atoms with Crippen LogP contribution in [0.1, 0.15) is 22.6 Å². The second-order valence-electron chi connectivity index (χ2n) is 6.47. The molecule has 4 rings (SSSR count). The lowest BCUT2D eigenvalue weighted by atomic mass is 10.1. The molecule has 31 heavy (non-hydrogen) atoms. The van der Waals surface area contributed by atoms with E-state index < -0.39 is 11.7 Å². The molecule has 160 valence electrons. The van der Waals surface area contributed by atoms with Gasteiger partial charge in [0.2, 0.25) is 5.89 Å². The molecule has 0 saturated heterocycles. The summed E-state index contributed by atoms with van der Waals surface area (Å²) in [7, 11) is 0. The molecule has 1 aromatic carbocycles. The molecule has 9 nitrogen and oxygen atoms in total. The molecule has 0 spiro atoms. The number of aryl methyl sites for hydroxylation is 1. The van der Waals surface area contributed by atoms with Crippen molar-refractivity contribution < 1.29 is 17.6 Å². The summed E-state index contributed by atoms with van der Waals surface area (Å²) < 4.78 is 45.1. The fraction of sp³-hybridized carbons (Fsp3) is 0.222. The molecule has 0 atom stereocenters. The van der Waals surface area contributed by atoms with Crippen molar-refractivity contribution in [3.05, 3.63) is 59.3 Å². The molecule has 0 aliphatic carbocycles. The largest absolute Gasteiger partial charge is 0.416 e. The van der Waals surface area contributed by atoms with E-state index in [0.717, 1.165) is 17.7 Å². The highest BCUT2D eigenvalue weighted by Crippen LogP contribution is 2.31. The summed E-state index contributed by atoms with van der Waals surface area (Å²) in [5.74, 6) is 1.52. The van der Waals surface area contributed by atoms with Crippen molar-refractivity contribution in [1.29, 1.82) is 0 Å². The maximum atomic E-state index is 12.7. The van der Waals surface area contributed by atoms with Crippen LogP contribution in [0.2, 0.25) is 0 Å². The van der Waals surface area contributed by atoms with Gasteiger partial charge in [0.1, 0.15) is 11.6 Å². The second-order valence-corrected chi connectivity index (χ2v) is 7.40. The molecule has 2 N–H and O–H groups in total. The van der Waals surface area contributed by atoms with Crippen molar-refractivity contribution in [2.45, 2.75) is 30.6 Å². The number of halogens is 3. The van der Waals surface area contributed by atoms with Crippen LogP contribution in [0.5, 0.6) is 0 Å². The van der Waals surface area contributed by atoms with Gasteiger partial charge in [-0.15, -0.1) is 15.3 Å². The standard InChI is InChI=1S/C18H15F3N8OS/c1-10-23-6-12(15(22)24-10)7-29-8-14(25-28-29)9-31-17-27-26-16(30-17)11-2-4-13(5-3-11)18(19,20)21/h2-6,8H,7,9H2,1H3,(H2,22,23,24). The molecule has 13 heteroatoms. The van der Waals surface area contributed by atoms with E-state index in [-0.39, 0.29) is 11.1 Å². The van der Waals surface area contributed by atoms with E-state index in [4.69, 9.17) is 10.2 Å². The van der Waals surface area contributed by atoms with Crippen LogP contribution in [-0.2, 0) is 18.5 Å². The molecular formula is C18H15F3N8OS. The first-order valence-electron chi connectivity index (χ1n) is 8.89. The Kier molecular flexibility index (Phi) is 5.59. The van der Waals surface area contributed by atoms with Crippen molar-refractivity contribution in [3.63, 3.8) is 0 Å². The first-order chi connectivity index (χ1) is 14.8. The Labute approximate surface area is 177 Å². The quantitative estimate of drug-likeness (QED) is 0.442. The summed E-state index contributed by atoms with van der Waals surface area (Å²) in [6, 6.07) is 4.51. The average molecular weight is 448 g/mol. The SMILES string of the molecule is Cc1ncc(Cn2cc(CSc3nnc(-c4ccc(C(F)(F)F)cc4)o3)nn2)c(N)n1. The zero-order valence-electron chi connectivity index (χ0n) is 16.0. The Morgan fingerprint density at radius 1 is 1.13 bits per heavy atom. The van der Waals surface area contributed by atoms with Crippen molar-refractivity contribution >= 4 is 17.6 Å². The van der Waals surface area contributed by atoms with Gasteiger partial charge in [0.15, 0.2) is 0 Å². The van der Waals surface area contributed by atoms with E-state index in [1.54, 1.807) is 24.0 Å². The van der Waals surface area contributed by atoms with E-state index in [2.05, 4.69) is 30.5 Å². The van der Waals surface area contributed by atoms with E-state index in [9.17, 15) is 13.2 Å². The van der Waals surface area contributed by atoms with Gasteiger partial charge in [-0.05, 0) is 31.2 Å². The highest BCUT2D eigenvalue weighted by molar-refractivity contribution is 7.98. The molecule has 0 fully saturated rings.